The molecule has 4 aromatic carbocycles. The highest BCUT2D eigenvalue weighted by Gasteiger charge is 2.54. The largest absolute Gasteiger partial charge is 0.459 e. The van der Waals surface area contributed by atoms with E-state index in [2.05, 4.69) is 20.1 Å². The van der Waals surface area contributed by atoms with E-state index >= 15 is 0 Å². The van der Waals surface area contributed by atoms with Crippen molar-refractivity contribution in [3.63, 3.8) is 0 Å². The van der Waals surface area contributed by atoms with Crippen molar-refractivity contribution in [2.45, 2.75) is 108 Å². The average molecular weight is 991 g/mol. The third-order valence-electron chi connectivity index (χ3n) is 13.0. The molecular formula is C51H54N6O15. The lowest BCUT2D eigenvalue weighted by atomic mass is 9.82. The standard InChI is InChI=1S/C51H54N6O15/c1-28-29(2)38(54-56-52)50(69-36(28)26-66-48(62)40(58)33-19-11-6-12-20-33)71-42-30(3)43(64-25-32-17-9-5-10-18-32)51(67-31(42)4)72-44-37(27-65-46(60)35-23-15-8-16-24-35)68-47(61)39(55-57-53)45(44)70-49(63)41(59)34-21-13-7-14-22-34/h5-24,28-31,36-39,42-45,47,50-51,61H,25-27H2,1-4H3/t28-,29-,30-,31?,36?,37?,38?,39-,42-,43-,44+,45+,47?,50-,51?/m0/s1. The van der Waals surface area contributed by atoms with Crippen LogP contribution in [0.15, 0.2) is 132 Å². The van der Waals surface area contributed by atoms with E-state index in [-0.39, 0.29) is 35.8 Å². The van der Waals surface area contributed by atoms with Crippen molar-refractivity contribution in [2.24, 2.45) is 28.0 Å². The molecule has 0 aromatic heterocycles. The number of Topliss-reactive ketones (excluding diaryl/α,β-unsaturated/α-hetero) is 2. The number of aliphatic hydroxyl groups excluding tert-OH is 1. The molecule has 21 nitrogen and oxygen atoms in total. The number of rotatable bonds is 19. The molecule has 3 aliphatic rings. The summed E-state index contributed by atoms with van der Waals surface area (Å²) in [5.74, 6) is -6.56. The summed E-state index contributed by atoms with van der Waals surface area (Å²) in [5, 5.41) is 19.0. The Morgan fingerprint density at radius 1 is 0.556 bits per heavy atom. The molecule has 6 unspecified atom stereocenters. The van der Waals surface area contributed by atoms with Gasteiger partial charge in [-0.2, -0.15) is 0 Å². The van der Waals surface area contributed by atoms with E-state index in [0.29, 0.717) is 0 Å². The van der Waals surface area contributed by atoms with Crippen molar-refractivity contribution in [2.75, 3.05) is 13.2 Å². The van der Waals surface area contributed by atoms with Gasteiger partial charge in [0, 0.05) is 26.9 Å². The average Bonchev–Trinajstić information content (AvgIpc) is 3.40. The molecule has 3 fully saturated rings. The van der Waals surface area contributed by atoms with Gasteiger partial charge in [0.15, 0.2) is 18.9 Å². The third kappa shape index (κ3) is 12.7. The maximum absolute atomic E-state index is 13.7. The highest BCUT2D eigenvalue weighted by molar-refractivity contribution is 6.41. The number of carbonyl (C=O) groups is 5. The van der Waals surface area contributed by atoms with E-state index in [1.54, 1.807) is 68.4 Å². The Labute approximate surface area is 413 Å². The van der Waals surface area contributed by atoms with Gasteiger partial charge in [-0.1, -0.05) is 140 Å². The van der Waals surface area contributed by atoms with Crippen LogP contribution in [-0.2, 0) is 58.8 Å². The van der Waals surface area contributed by atoms with Crippen molar-refractivity contribution in [3.8, 4) is 0 Å². The first kappa shape index (κ1) is 52.8. The van der Waals surface area contributed by atoms with Gasteiger partial charge in [-0.15, -0.1) is 0 Å². The van der Waals surface area contributed by atoms with Crippen LogP contribution in [0.25, 0.3) is 20.9 Å². The van der Waals surface area contributed by atoms with Gasteiger partial charge in [0.05, 0.1) is 36.5 Å². The Morgan fingerprint density at radius 3 is 1.68 bits per heavy atom. The Morgan fingerprint density at radius 2 is 1.08 bits per heavy atom. The minimum Gasteiger partial charge on any atom is -0.459 e. The first-order chi connectivity index (χ1) is 34.8. The number of esters is 3. The Balaban J connectivity index is 1.18. The van der Waals surface area contributed by atoms with Crippen LogP contribution < -0.4 is 0 Å². The van der Waals surface area contributed by atoms with Gasteiger partial charge in [0.2, 0.25) is 0 Å². The number of benzene rings is 4. The fourth-order valence-corrected chi connectivity index (χ4v) is 8.83. The molecule has 0 aliphatic carbocycles. The van der Waals surface area contributed by atoms with Crippen LogP contribution in [0.3, 0.4) is 0 Å². The fourth-order valence-electron chi connectivity index (χ4n) is 8.83. The molecule has 21 heteroatoms. The van der Waals surface area contributed by atoms with Crippen molar-refractivity contribution < 1.29 is 71.7 Å². The summed E-state index contributed by atoms with van der Waals surface area (Å²) in [6.45, 7) is 6.22. The summed E-state index contributed by atoms with van der Waals surface area (Å²) in [6, 6.07) is 30.1. The van der Waals surface area contributed by atoms with Gasteiger partial charge in [0.25, 0.3) is 11.6 Å². The maximum Gasteiger partial charge on any atom is 0.380 e. The highest BCUT2D eigenvalue weighted by Crippen LogP contribution is 2.40. The second-order valence-electron chi connectivity index (χ2n) is 17.6. The van der Waals surface area contributed by atoms with E-state index in [4.69, 9.17) is 42.6 Å². The summed E-state index contributed by atoms with van der Waals surface area (Å²) in [4.78, 5) is 72.1. The van der Waals surface area contributed by atoms with Gasteiger partial charge in [0.1, 0.15) is 43.7 Å². The molecule has 15 atom stereocenters. The number of azide groups is 2. The summed E-state index contributed by atoms with van der Waals surface area (Å²) < 4.78 is 55.9. The maximum atomic E-state index is 13.7. The van der Waals surface area contributed by atoms with Gasteiger partial charge >= 0.3 is 17.9 Å². The van der Waals surface area contributed by atoms with E-state index in [9.17, 15) is 40.1 Å². The molecule has 0 spiro atoms. The monoisotopic (exact) mass is 990 g/mol. The molecule has 0 bridgehead atoms. The third-order valence-corrected chi connectivity index (χ3v) is 13.0. The van der Waals surface area contributed by atoms with Crippen molar-refractivity contribution in [3.05, 3.63) is 164 Å². The van der Waals surface area contributed by atoms with E-state index < -0.39 is 122 Å². The lowest BCUT2D eigenvalue weighted by Gasteiger charge is -2.50. The highest BCUT2D eigenvalue weighted by atomic mass is 16.8. The first-order valence-electron chi connectivity index (χ1n) is 23.3. The molecule has 72 heavy (non-hydrogen) atoms. The fraction of sp³-hybridized carbons (Fsp3) is 0.431. The summed E-state index contributed by atoms with van der Waals surface area (Å²) in [6.07, 6.45) is -13.1. The number of ketones is 2. The number of nitrogens with zero attached hydrogens (tertiary/aromatic N) is 6. The predicted molar refractivity (Wildman–Crippen MR) is 251 cm³/mol. The van der Waals surface area contributed by atoms with Gasteiger partial charge in [-0.3, -0.25) is 9.59 Å². The van der Waals surface area contributed by atoms with Crippen molar-refractivity contribution in [1.29, 1.82) is 0 Å². The van der Waals surface area contributed by atoms with Crippen molar-refractivity contribution >= 4 is 29.5 Å². The van der Waals surface area contributed by atoms with Gasteiger partial charge in [-0.05, 0) is 47.5 Å². The predicted octanol–water partition coefficient (Wildman–Crippen LogP) is 6.87. The molecule has 0 radical (unpaired) electrons. The van der Waals surface area contributed by atoms with E-state index in [0.717, 1.165) is 5.56 Å². The van der Waals surface area contributed by atoms with E-state index in [1.807, 2.05) is 44.2 Å². The quantitative estimate of drug-likeness (QED) is 0.0191. The molecule has 0 amide bonds. The Kier molecular flexibility index (Phi) is 18.2. The number of hydrogen-bond acceptors (Lipinski definition) is 17. The second kappa shape index (κ2) is 24.9. The minimum absolute atomic E-state index is 0.00841. The Bertz CT molecular complexity index is 2590. The van der Waals surface area contributed by atoms with Gasteiger partial charge in [-0.25, -0.2) is 14.4 Å². The molecule has 1 N–H and O–H groups in total. The van der Waals surface area contributed by atoms with Gasteiger partial charge < -0.3 is 47.7 Å². The number of hydrogen-bond donors (Lipinski definition) is 1. The molecule has 378 valence electrons. The Hall–Kier alpha value is -7.03. The molecule has 7 rings (SSSR count). The minimum atomic E-state index is -1.96. The smallest absolute Gasteiger partial charge is 0.380 e. The number of ether oxygens (including phenoxy) is 9. The number of carbonyl (C=O) groups excluding carboxylic acids is 5. The SMILES string of the molecule is CC1OC(O[C@@H]2C(COC(=O)c3ccccc3)OC(O)[C@@H](N=[N+]=[N-])[C@H]2OC(=O)C(=O)c2ccccc2)[C@@H](OCc2ccccc2)[C@@H](C)[C@@H]1O[C@@H]1OC(COC(=O)C(=O)c2ccccc2)[C@@H](C)[C@H](C)C1N=[N+]=[N-]. The van der Waals surface area contributed by atoms with Crippen LogP contribution in [0.2, 0.25) is 0 Å². The topological polar surface area (TPSA) is 286 Å². The molecule has 3 aliphatic heterocycles. The lowest BCUT2D eigenvalue weighted by molar-refractivity contribution is -0.356. The zero-order valence-electron chi connectivity index (χ0n) is 39.7. The van der Waals surface area contributed by atoms with Crippen LogP contribution in [0, 0.1) is 17.8 Å². The normalized spacial score (nSPS) is 30.0. The van der Waals surface area contributed by atoms with E-state index in [1.165, 1.54) is 36.4 Å². The summed E-state index contributed by atoms with van der Waals surface area (Å²) in [5.41, 5.74) is 20.5. The molecule has 0 saturated carbocycles. The van der Waals surface area contributed by atoms with Crippen LogP contribution in [-0.4, -0.2) is 121 Å². The zero-order valence-corrected chi connectivity index (χ0v) is 39.7. The van der Waals surface area contributed by atoms with Crippen LogP contribution in [0.5, 0.6) is 0 Å². The van der Waals surface area contributed by atoms with Crippen LogP contribution in [0.4, 0.5) is 0 Å². The van der Waals surface area contributed by atoms with Crippen LogP contribution in [0.1, 0.15) is 64.3 Å². The van der Waals surface area contributed by atoms with Crippen LogP contribution >= 0.6 is 0 Å². The lowest BCUT2D eigenvalue weighted by Crippen LogP contribution is -2.64. The molecular weight excluding hydrogens is 937 g/mol. The number of aliphatic hydroxyl groups is 1. The molecule has 4 aromatic rings. The first-order valence-corrected chi connectivity index (χ1v) is 23.3. The summed E-state index contributed by atoms with van der Waals surface area (Å²) in [7, 11) is 0. The molecule has 3 heterocycles. The summed E-state index contributed by atoms with van der Waals surface area (Å²) >= 11 is 0. The zero-order chi connectivity index (χ0) is 51.3. The second-order valence-corrected chi connectivity index (χ2v) is 17.6. The van der Waals surface area contributed by atoms with Crippen molar-refractivity contribution in [1.82, 2.24) is 0 Å². The molecule has 3 saturated heterocycles.